The molecule has 1 heteroatoms. The van der Waals surface area contributed by atoms with E-state index >= 15 is 0 Å². The van der Waals surface area contributed by atoms with Gasteiger partial charge in [-0.1, -0.05) is 19.1 Å². The van der Waals surface area contributed by atoms with E-state index in [1.165, 1.54) is 24.8 Å². The number of hydrogen-bond donors (Lipinski definition) is 1. The van der Waals surface area contributed by atoms with Crippen molar-refractivity contribution < 1.29 is 0 Å². The fourth-order valence-corrected chi connectivity index (χ4v) is 2.08. The van der Waals surface area contributed by atoms with Gasteiger partial charge in [0.2, 0.25) is 0 Å². The summed E-state index contributed by atoms with van der Waals surface area (Å²) in [5, 5.41) is 0. The van der Waals surface area contributed by atoms with Crippen molar-refractivity contribution >= 4 is 5.69 Å². The molecule has 70 valence electrons. The van der Waals surface area contributed by atoms with Gasteiger partial charge in [0.15, 0.2) is 0 Å². The molecule has 0 bridgehead atoms. The lowest BCUT2D eigenvalue weighted by Crippen LogP contribution is -1.99. The Bertz CT molecular complexity index is 272. The van der Waals surface area contributed by atoms with Gasteiger partial charge in [-0.2, -0.15) is 0 Å². The Labute approximate surface area is 80.0 Å². The summed E-state index contributed by atoms with van der Waals surface area (Å²) < 4.78 is 0. The van der Waals surface area contributed by atoms with E-state index in [1.54, 1.807) is 0 Å². The van der Waals surface area contributed by atoms with Gasteiger partial charge in [0.25, 0.3) is 0 Å². The van der Waals surface area contributed by atoms with Crippen LogP contribution in [0.3, 0.4) is 0 Å². The highest BCUT2D eigenvalue weighted by Crippen LogP contribution is 2.44. The van der Waals surface area contributed by atoms with Gasteiger partial charge >= 0.3 is 0 Å². The monoisotopic (exact) mass is 175 g/mol. The van der Waals surface area contributed by atoms with E-state index < -0.39 is 0 Å². The van der Waals surface area contributed by atoms with Crippen LogP contribution in [-0.2, 0) is 0 Å². The average Bonchev–Trinajstić information content (AvgIpc) is 2.93. The van der Waals surface area contributed by atoms with E-state index in [-0.39, 0.29) is 0 Å². The van der Waals surface area contributed by atoms with Crippen molar-refractivity contribution in [3.8, 4) is 0 Å². The molecule has 0 spiro atoms. The molecular weight excluding hydrogens is 158 g/mol. The second-order valence-electron chi connectivity index (χ2n) is 4.02. The molecule has 1 saturated carbocycles. The maximum Gasteiger partial charge on any atom is 0.0314 e. The van der Waals surface area contributed by atoms with Crippen molar-refractivity contribution in [1.29, 1.82) is 0 Å². The predicted molar refractivity (Wildman–Crippen MR) is 56.6 cm³/mol. The summed E-state index contributed by atoms with van der Waals surface area (Å²) in [6.07, 6.45) is 4.10. The van der Waals surface area contributed by atoms with Crippen LogP contribution in [0.4, 0.5) is 5.69 Å². The Kier molecular flexibility index (Phi) is 2.26. The van der Waals surface area contributed by atoms with Crippen LogP contribution in [0.25, 0.3) is 0 Å². The zero-order chi connectivity index (χ0) is 9.26. The summed E-state index contributed by atoms with van der Waals surface area (Å²) in [5.41, 5.74) is 8.00. The number of nitrogens with two attached hydrogens (primary N) is 1. The fraction of sp³-hybridized carbons (Fsp3) is 0.500. The first-order chi connectivity index (χ1) is 6.31. The Morgan fingerprint density at radius 1 is 1.31 bits per heavy atom. The van der Waals surface area contributed by atoms with Crippen LogP contribution in [0, 0.1) is 5.92 Å². The molecule has 1 aromatic carbocycles. The van der Waals surface area contributed by atoms with Crippen LogP contribution in [-0.4, -0.2) is 0 Å². The summed E-state index contributed by atoms with van der Waals surface area (Å²) in [4.78, 5) is 0. The van der Waals surface area contributed by atoms with Crippen LogP contribution in [0.5, 0.6) is 0 Å². The fourth-order valence-electron chi connectivity index (χ4n) is 2.08. The van der Waals surface area contributed by atoms with Crippen LogP contribution >= 0.6 is 0 Å². The van der Waals surface area contributed by atoms with E-state index in [0.717, 1.165) is 17.5 Å². The Hall–Kier alpha value is -0.980. The molecule has 1 aliphatic carbocycles. The molecule has 0 aromatic heterocycles. The molecule has 1 unspecified atom stereocenters. The van der Waals surface area contributed by atoms with Gasteiger partial charge in [-0.25, -0.2) is 0 Å². The molecular formula is C12H17N. The molecule has 2 N–H and O–H groups in total. The molecule has 1 nitrogen and oxygen atoms in total. The third-order valence-corrected chi connectivity index (χ3v) is 3.00. The van der Waals surface area contributed by atoms with Crippen LogP contribution < -0.4 is 5.73 Å². The van der Waals surface area contributed by atoms with Crippen molar-refractivity contribution in [3.05, 3.63) is 29.8 Å². The molecule has 1 aromatic rings. The molecule has 0 radical (unpaired) electrons. The van der Waals surface area contributed by atoms with Crippen molar-refractivity contribution in [1.82, 2.24) is 0 Å². The van der Waals surface area contributed by atoms with Crippen LogP contribution in [0.15, 0.2) is 24.3 Å². The van der Waals surface area contributed by atoms with Gasteiger partial charge < -0.3 is 5.73 Å². The van der Waals surface area contributed by atoms with Gasteiger partial charge in [0.05, 0.1) is 0 Å². The second-order valence-corrected chi connectivity index (χ2v) is 4.02. The summed E-state index contributed by atoms with van der Waals surface area (Å²) in [6.45, 7) is 2.28. The predicted octanol–water partition coefficient (Wildman–Crippen LogP) is 3.17. The highest BCUT2D eigenvalue weighted by molar-refractivity contribution is 5.40. The summed E-state index contributed by atoms with van der Waals surface area (Å²) >= 11 is 0. The lowest BCUT2D eigenvalue weighted by Gasteiger charge is -2.14. The maximum atomic E-state index is 5.66. The Balaban J connectivity index is 2.17. The summed E-state index contributed by atoms with van der Waals surface area (Å²) in [7, 11) is 0. The van der Waals surface area contributed by atoms with Crippen molar-refractivity contribution in [2.45, 2.75) is 32.1 Å². The van der Waals surface area contributed by atoms with Gasteiger partial charge in [0, 0.05) is 5.69 Å². The number of anilines is 1. The minimum absolute atomic E-state index is 0.778. The highest BCUT2D eigenvalue weighted by Gasteiger charge is 2.30. The van der Waals surface area contributed by atoms with E-state index in [4.69, 9.17) is 5.73 Å². The standard InChI is InChI=1S/C12H17N/c1-2-12(9-3-4-9)10-5-7-11(13)8-6-10/h5-9,12H,2-4,13H2,1H3. The number of rotatable bonds is 3. The number of nitrogen functional groups attached to an aromatic ring is 1. The quantitative estimate of drug-likeness (QED) is 0.701. The third-order valence-electron chi connectivity index (χ3n) is 3.00. The first-order valence-corrected chi connectivity index (χ1v) is 5.16. The molecule has 1 atom stereocenters. The van der Waals surface area contributed by atoms with Crippen molar-refractivity contribution in [3.63, 3.8) is 0 Å². The maximum absolute atomic E-state index is 5.66. The van der Waals surface area contributed by atoms with Crippen molar-refractivity contribution in [2.75, 3.05) is 5.73 Å². The molecule has 2 rings (SSSR count). The SMILES string of the molecule is CCC(c1ccc(N)cc1)C1CC1. The smallest absolute Gasteiger partial charge is 0.0314 e. The first kappa shape index (κ1) is 8.61. The zero-order valence-electron chi connectivity index (χ0n) is 8.16. The molecule has 0 saturated heterocycles. The summed E-state index contributed by atoms with van der Waals surface area (Å²) in [6, 6.07) is 8.39. The molecule has 13 heavy (non-hydrogen) atoms. The first-order valence-electron chi connectivity index (χ1n) is 5.16. The van der Waals surface area contributed by atoms with E-state index in [9.17, 15) is 0 Å². The zero-order valence-corrected chi connectivity index (χ0v) is 8.16. The van der Waals surface area contributed by atoms with Gasteiger partial charge in [-0.3, -0.25) is 0 Å². The van der Waals surface area contributed by atoms with E-state index in [1.807, 2.05) is 12.1 Å². The minimum atomic E-state index is 0.778. The van der Waals surface area contributed by atoms with Crippen LogP contribution in [0.2, 0.25) is 0 Å². The number of benzene rings is 1. The third kappa shape index (κ3) is 1.85. The average molecular weight is 175 g/mol. The van der Waals surface area contributed by atoms with Gasteiger partial charge in [-0.15, -0.1) is 0 Å². The lowest BCUT2D eigenvalue weighted by atomic mass is 9.92. The van der Waals surface area contributed by atoms with Crippen molar-refractivity contribution in [2.24, 2.45) is 5.92 Å². The minimum Gasteiger partial charge on any atom is -0.399 e. The molecule has 0 aliphatic heterocycles. The Morgan fingerprint density at radius 2 is 1.92 bits per heavy atom. The molecule has 0 heterocycles. The van der Waals surface area contributed by atoms with E-state index in [2.05, 4.69) is 19.1 Å². The number of hydrogen-bond acceptors (Lipinski definition) is 1. The molecule has 1 aliphatic rings. The highest BCUT2D eigenvalue weighted by atomic mass is 14.5. The lowest BCUT2D eigenvalue weighted by molar-refractivity contribution is 0.587. The molecule has 1 fully saturated rings. The van der Waals surface area contributed by atoms with E-state index in [0.29, 0.717) is 0 Å². The van der Waals surface area contributed by atoms with Gasteiger partial charge in [-0.05, 0) is 48.8 Å². The normalized spacial score (nSPS) is 18.5. The topological polar surface area (TPSA) is 26.0 Å². The molecule has 0 amide bonds. The largest absolute Gasteiger partial charge is 0.399 e. The summed E-state index contributed by atoms with van der Waals surface area (Å²) in [5.74, 6) is 1.73. The Morgan fingerprint density at radius 3 is 2.38 bits per heavy atom. The second kappa shape index (κ2) is 3.41. The van der Waals surface area contributed by atoms with Crippen LogP contribution in [0.1, 0.15) is 37.7 Å². The van der Waals surface area contributed by atoms with Gasteiger partial charge in [0.1, 0.15) is 0 Å².